The molecule has 0 saturated heterocycles. The number of carboxylic acids is 1. The first kappa shape index (κ1) is 11.7. The summed E-state index contributed by atoms with van der Waals surface area (Å²) in [5, 5.41) is 12.8. The first-order valence-electron chi connectivity index (χ1n) is 4.99. The van der Waals surface area contributed by atoms with E-state index in [1.807, 2.05) is 32.0 Å². The molecule has 5 nitrogen and oxygen atoms in total. The maximum atomic E-state index is 10.6. The molecule has 0 aromatic carbocycles. The summed E-state index contributed by atoms with van der Waals surface area (Å²) in [5.74, 6) is -0.799. The van der Waals surface area contributed by atoms with E-state index in [0.717, 1.165) is 5.56 Å². The Labute approximate surface area is 89.3 Å². The molecule has 1 heterocycles. The van der Waals surface area contributed by atoms with Gasteiger partial charge in [0.2, 0.25) is 0 Å². The number of hydrogen-bond donors (Lipinski definition) is 1. The summed E-state index contributed by atoms with van der Waals surface area (Å²) in [5.41, 5.74) is 1.04. The highest BCUT2D eigenvalue weighted by Crippen LogP contribution is 2.18. The molecule has 1 N–H and O–H groups in total. The SMILES string of the molecule is CCN(CC(=O)O)C(C)c1cnn(C)c1. The molecule has 5 heteroatoms. The number of carboxylic acid groups (broad SMARTS) is 1. The lowest BCUT2D eigenvalue weighted by molar-refractivity contribution is -0.138. The van der Waals surface area contributed by atoms with Gasteiger partial charge < -0.3 is 5.11 Å². The van der Waals surface area contributed by atoms with Crippen LogP contribution in [0.1, 0.15) is 25.5 Å². The number of aryl methyl sites for hydroxylation is 1. The van der Waals surface area contributed by atoms with Gasteiger partial charge in [0, 0.05) is 24.8 Å². The summed E-state index contributed by atoms with van der Waals surface area (Å²) in [4.78, 5) is 12.5. The Morgan fingerprint density at radius 2 is 2.40 bits per heavy atom. The normalized spacial score (nSPS) is 13.1. The second-order valence-electron chi connectivity index (χ2n) is 3.58. The van der Waals surface area contributed by atoms with E-state index < -0.39 is 5.97 Å². The van der Waals surface area contributed by atoms with Crippen LogP contribution in [0.4, 0.5) is 0 Å². The Bertz CT molecular complexity index is 335. The monoisotopic (exact) mass is 211 g/mol. The predicted molar refractivity (Wildman–Crippen MR) is 56.5 cm³/mol. The Morgan fingerprint density at radius 1 is 1.73 bits per heavy atom. The van der Waals surface area contributed by atoms with Crippen molar-refractivity contribution in [1.29, 1.82) is 0 Å². The lowest BCUT2D eigenvalue weighted by Gasteiger charge is -2.24. The van der Waals surface area contributed by atoms with Gasteiger partial charge in [-0.1, -0.05) is 6.92 Å². The van der Waals surface area contributed by atoms with Gasteiger partial charge in [-0.15, -0.1) is 0 Å². The Balaban J connectivity index is 2.72. The molecule has 0 aliphatic heterocycles. The van der Waals surface area contributed by atoms with Crippen LogP contribution >= 0.6 is 0 Å². The van der Waals surface area contributed by atoms with E-state index >= 15 is 0 Å². The largest absolute Gasteiger partial charge is 0.480 e. The van der Waals surface area contributed by atoms with Crippen LogP contribution in [-0.4, -0.2) is 38.8 Å². The van der Waals surface area contributed by atoms with Crippen molar-refractivity contribution in [2.75, 3.05) is 13.1 Å². The molecule has 0 fully saturated rings. The van der Waals surface area contributed by atoms with Gasteiger partial charge in [-0.3, -0.25) is 14.4 Å². The zero-order valence-electron chi connectivity index (χ0n) is 9.34. The number of nitrogens with zero attached hydrogens (tertiary/aromatic N) is 3. The molecule has 1 unspecified atom stereocenters. The van der Waals surface area contributed by atoms with Crippen LogP contribution in [0, 0.1) is 0 Å². The van der Waals surface area contributed by atoms with E-state index in [4.69, 9.17) is 5.11 Å². The molecular formula is C10H17N3O2. The van der Waals surface area contributed by atoms with Crippen molar-refractivity contribution >= 4 is 5.97 Å². The fraction of sp³-hybridized carbons (Fsp3) is 0.600. The third kappa shape index (κ3) is 3.06. The highest BCUT2D eigenvalue weighted by atomic mass is 16.4. The summed E-state index contributed by atoms with van der Waals surface area (Å²) in [6.07, 6.45) is 3.68. The highest BCUT2D eigenvalue weighted by Gasteiger charge is 2.17. The van der Waals surface area contributed by atoms with Crippen molar-refractivity contribution in [3.8, 4) is 0 Å². The molecule has 0 amide bonds. The molecule has 1 rings (SSSR count). The molecule has 0 bridgehead atoms. The molecular weight excluding hydrogens is 194 g/mol. The van der Waals surface area contributed by atoms with Gasteiger partial charge in [0.15, 0.2) is 0 Å². The molecule has 15 heavy (non-hydrogen) atoms. The number of aromatic nitrogens is 2. The van der Waals surface area contributed by atoms with E-state index in [0.29, 0.717) is 6.54 Å². The van der Waals surface area contributed by atoms with Crippen molar-refractivity contribution in [3.63, 3.8) is 0 Å². The summed E-state index contributed by atoms with van der Waals surface area (Å²) >= 11 is 0. The van der Waals surface area contributed by atoms with Crippen LogP contribution in [0.15, 0.2) is 12.4 Å². The molecule has 0 saturated carbocycles. The van der Waals surface area contributed by atoms with Gasteiger partial charge in [-0.2, -0.15) is 5.10 Å². The van der Waals surface area contributed by atoms with Crippen LogP contribution in [0.25, 0.3) is 0 Å². The maximum Gasteiger partial charge on any atom is 0.317 e. The first-order valence-corrected chi connectivity index (χ1v) is 4.99. The summed E-state index contributed by atoms with van der Waals surface area (Å²) < 4.78 is 1.72. The number of aliphatic carboxylic acids is 1. The van der Waals surface area contributed by atoms with E-state index in [2.05, 4.69) is 5.10 Å². The molecule has 0 spiro atoms. The molecule has 0 aliphatic carbocycles. The van der Waals surface area contributed by atoms with Gasteiger partial charge in [0.1, 0.15) is 0 Å². The third-order valence-corrected chi connectivity index (χ3v) is 2.50. The standard InChI is InChI=1S/C10H17N3O2/c1-4-13(7-10(14)15)8(2)9-5-11-12(3)6-9/h5-6,8H,4,7H2,1-3H3,(H,14,15). The number of rotatable bonds is 5. The lowest BCUT2D eigenvalue weighted by atomic mass is 10.1. The predicted octanol–water partition coefficient (Wildman–Crippen LogP) is 0.888. The Morgan fingerprint density at radius 3 is 2.80 bits per heavy atom. The average molecular weight is 211 g/mol. The van der Waals surface area contributed by atoms with E-state index in [9.17, 15) is 4.79 Å². The second kappa shape index (κ2) is 4.93. The average Bonchev–Trinajstić information content (AvgIpc) is 2.60. The summed E-state index contributed by atoms with van der Waals surface area (Å²) in [6.45, 7) is 4.72. The number of hydrogen-bond acceptors (Lipinski definition) is 3. The fourth-order valence-corrected chi connectivity index (χ4v) is 1.56. The van der Waals surface area contributed by atoms with E-state index in [1.54, 1.807) is 10.9 Å². The molecule has 84 valence electrons. The smallest absolute Gasteiger partial charge is 0.317 e. The van der Waals surface area contributed by atoms with Gasteiger partial charge >= 0.3 is 5.97 Å². The zero-order valence-corrected chi connectivity index (χ0v) is 9.34. The van der Waals surface area contributed by atoms with Crippen LogP contribution in [0.3, 0.4) is 0 Å². The van der Waals surface area contributed by atoms with Gasteiger partial charge in [0.05, 0.1) is 12.7 Å². The second-order valence-corrected chi connectivity index (χ2v) is 3.58. The first-order chi connectivity index (χ1) is 7.04. The topological polar surface area (TPSA) is 58.4 Å². The van der Waals surface area contributed by atoms with Crippen LogP contribution in [-0.2, 0) is 11.8 Å². The van der Waals surface area contributed by atoms with Crippen LogP contribution < -0.4 is 0 Å². The van der Waals surface area contributed by atoms with E-state index in [1.165, 1.54) is 0 Å². The highest BCUT2D eigenvalue weighted by molar-refractivity contribution is 5.69. The van der Waals surface area contributed by atoms with Crippen molar-refractivity contribution in [3.05, 3.63) is 18.0 Å². The van der Waals surface area contributed by atoms with Gasteiger partial charge in [0.25, 0.3) is 0 Å². The summed E-state index contributed by atoms with van der Waals surface area (Å²) in [6, 6.07) is 0.0831. The number of carbonyl (C=O) groups is 1. The Kier molecular flexibility index (Phi) is 3.85. The zero-order chi connectivity index (χ0) is 11.4. The molecule has 1 atom stereocenters. The van der Waals surface area contributed by atoms with Crippen molar-refractivity contribution in [2.24, 2.45) is 7.05 Å². The third-order valence-electron chi connectivity index (χ3n) is 2.50. The molecule has 1 aromatic heterocycles. The molecule has 1 aromatic rings. The molecule has 0 aliphatic rings. The van der Waals surface area contributed by atoms with Crippen molar-refractivity contribution in [1.82, 2.24) is 14.7 Å². The quantitative estimate of drug-likeness (QED) is 0.785. The van der Waals surface area contributed by atoms with Crippen LogP contribution in [0.5, 0.6) is 0 Å². The molecule has 0 radical (unpaired) electrons. The minimum atomic E-state index is -0.799. The van der Waals surface area contributed by atoms with Crippen molar-refractivity contribution < 1.29 is 9.90 Å². The summed E-state index contributed by atoms with van der Waals surface area (Å²) in [7, 11) is 1.85. The van der Waals surface area contributed by atoms with Gasteiger partial charge in [-0.05, 0) is 13.5 Å². The minimum absolute atomic E-state index is 0.0621. The maximum absolute atomic E-state index is 10.6. The lowest BCUT2D eigenvalue weighted by Crippen LogP contribution is -2.32. The van der Waals surface area contributed by atoms with Crippen molar-refractivity contribution in [2.45, 2.75) is 19.9 Å². The van der Waals surface area contributed by atoms with E-state index in [-0.39, 0.29) is 12.6 Å². The van der Waals surface area contributed by atoms with Crippen LogP contribution in [0.2, 0.25) is 0 Å². The Hall–Kier alpha value is -1.36. The van der Waals surface area contributed by atoms with Gasteiger partial charge in [-0.25, -0.2) is 0 Å². The number of likely N-dealkylation sites (N-methyl/N-ethyl adjacent to an activating group) is 1. The minimum Gasteiger partial charge on any atom is -0.480 e. The fourth-order valence-electron chi connectivity index (χ4n) is 1.56.